The predicted octanol–water partition coefficient (Wildman–Crippen LogP) is 3.83. The SMILES string of the molecule is CC1(C)C(Nc2cc(Cl)ccc2C#N)C2CCCOC21. The molecule has 1 saturated heterocycles. The minimum atomic E-state index is 0.0835. The van der Waals surface area contributed by atoms with E-state index in [-0.39, 0.29) is 5.41 Å². The van der Waals surface area contributed by atoms with Crippen LogP contribution in [0.4, 0.5) is 5.69 Å². The van der Waals surface area contributed by atoms with Gasteiger partial charge in [0, 0.05) is 29.0 Å². The summed E-state index contributed by atoms with van der Waals surface area (Å²) < 4.78 is 5.91. The minimum absolute atomic E-state index is 0.0835. The van der Waals surface area contributed by atoms with Gasteiger partial charge in [0.25, 0.3) is 0 Å². The van der Waals surface area contributed by atoms with Crippen molar-refractivity contribution in [2.24, 2.45) is 11.3 Å². The van der Waals surface area contributed by atoms with Crippen LogP contribution in [0.2, 0.25) is 5.02 Å². The summed E-state index contributed by atoms with van der Waals surface area (Å²) in [6.45, 7) is 5.33. The van der Waals surface area contributed by atoms with Crippen molar-refractivity contribution in [3.05, 3.63) is 28.8 Å². The summed E-state index contributed by atoms with van der Waals surface area (Å²) in [6, 6.07) is 7.92. The quantitative estimate of drug-likeness (QED) is 0.900. The van der Waals surface area contributed by atoms with Crippen LogP contribution in [0.1, 0.15) is 32.3 Å². The summed E-state index contributed by atoms with van der Waals surface area (Å²) in [5.74, 6) is 0.532. The lowest BCUT2D eigenvalue weighted by Crippen LogP contribution is -2.67. The molecule has 1 N–H and O–H groups in total. The molecule has 3 rings (SSSR count). The fraction of sp³-hybridized carbons (Fsp3) is 0.562. The molecule has 0 spiro atoms. The van der Waals surface area contributed by atoms with Crippen molar-refractivity contribution in [2.75, 3.05) is 11.9 Å². The summed E-state index contributed by atoms with van der Waals surface area (Å²) in [5.41, 5.74) is 1.56. The maximum Gasteiger partial charge on any atom is 0.101 e. The van der Waals surface area contributed by atoms with Crippen LogP contribution >= 0.6 is 11.6 Å². The highest BCUT2D eigenvalue weighted by Gasteiger charge is 2.57. The number of fused-ring (bicyclic) bond motifs is 1. The Kier molecular flexibility index (Phi) is 3.40. The van der Waals surface area contributed by atoms with E-state index in [0.29, 0.717) is 28.6 Å². The topological polar surface area (TPSA) is 45.0 Å². The number of hydrogen-bond donors (Lipinski definition) is 1. The molecule has 1 saturated carbocycles. The van der Waals surface area contributed by atoms with E-state index >= 15 is 0 Å². The fourth-order valence-electron chi connectivity index (χ4n) is 3.72. The molecule has 4 heteroatoms. The summed E-state index contributed by atoms with van der Waals surface area (Å²) in [7, 11) is 0. The van der Waals surface area contributed by atoms with Crippen LogP contribution in [0.15, 0.2) is 18.2 Å². The van der Waals surface area contributed by atoms with Crippen molar-refractivity contribution in [1.82, 2.24) is 0 Å². The number of benzene rings is 1. The number of nitrogens with zero attached hydrogens (tertiary/aromatic N) is 1. The van der Waals surface area contributed by atoms with E-state index in [1.807, 2.05) is 6.07 Å². The first-order valence-electron chi connectivity index (χ1n) is 7.12. The molecule has 3 atom stereocenters. The second-order valence-electron chi connectivity index (χ2n) is 6.34. The summed E-state index contributed by atoms with van der Waals surface area (Å²) in [6.07, 6.45) is 2.64. The van der Waals surface area contributed by atoms with Gasteiger partial charge in [-0.1, -0.05) is 25.4 Å². The highest BCUT2D eigenvalue weighted by Crippen LogP contribution is 2.52. The highest BCUT2D eigenvalue weighted by atomic mass is 35.5. The van der Waals surface area contributed by atoms with Gasteiger partial charge in [-0.15, -0.1) is 0 Å². The lowest BCUT2D eigenvalue weighted by molar-refractivity contribution is -0.177. The molecule has 0 bridgehead atoms. The Bertz CT molecular complexity index is 564. The fourth-order valence-corrected chi connectivity index (χ4v) is 3.89. The van der Waals surface area contributed by atoms with Crippen molar-refractivity contribution >= 4 is 17.3 Å². The van der Waals surface area contributed by atoms with E-state index in [1.54, 1.807) is 12.1 Å². The van der Waals surface area contributed by atoms with Crippen LogP contribution in [-0.2, 0) is 4.74 Å². The van der Waals surface area contributed by atoms with Gasteiger partial charge in [-0.3, -0.25) is 0 Å². The third-order valence-electron chi connectivity index (χ3n) is 4.74. The van der Waals surface area contributed by atoms with Crippen molar-refractivity contribution in [3.63, 3.8) is 0 Å². The zero-order valence-electron chi connectivity index (χ0n) is 11.8. The molecule has 106 valence electrons. The molecule has 20 heavy (non-hydrogen) atoms. The third-order valence-corrected chi connectivity index (χ3v) is 4.98. The van der Waals surface area contributed by atoms with Crippen LogP contribution in [-0.4, -0.2) is 18.8 Å². The second kappa shape index (κ2) is 4.95. The number of anilines is 1. The van der Waals surface area contributed by atoms with Crippen LogP contribution in [0.5, 0.6) is 0 Å². The van der Waals surface area contributed by atoms with Gasteiger partial charge in [0.05, 0.1) is 17.4 Å². The summed E-state index contributed by atoms with van der Waals surface area (Å²) in [5, 5.41) is 13.4. The largest absolute Gasteiger partial charge is 0.380 e. The van der Waals surface area contributed by atoms with E-state index in [1.165, 1.54) is 6.42 Å². The Morgan fingerprint density at radius 2 is 2.25 bits per heavy atom. The number of halogens is 1. The Hall–Kier alpha value is -1.24. The number of nitriles is 1. The van der Waals surface area contributed by atoms with Gasteiger partial charge in [-0.2, -0.15) is 5.26 Å². The molecule has 0 aromatic heterocycles. The van der Waals surface area contributed by atoms with Gasteiger partial charge in [0.1, 0.15) is 6.07 Å². The van der Waals surface area contributed by atoms with Gasteiger partial charge in [-0.25, -0.2) is 0 Å². The molecular formula is C16H19ClN2O. The first-order chi connectivity index (χ1) is 9.54. The maximum absolute atomic E-state index is 9.22. The number of nitrogens with one attached hydrogen (secondary N) is 1. The van der Waals surface area contributed by atoms with Crippen LogP contribution < -0.4 is 5.32 Å². The molecule has 1 aromatic rings. The first-order valence-corrected chi connectivity index (χ1v) is 7.49. The van der Waals surface area contributed by atoms with Crippen molar-refractivity contribution in [3.8, 4) is 6.07 Å². The van der Waals surface area contributed by atoms with Crippen LogP contribution in [0.25, 0.3) is 0 Å². The van der Waals surface area contributed by atoms with Gasteiger partial charge in [0.15, 0.2) is 0 Å². The Morgan fingerprint density at radius 1 is 1.45 bits per heavy atom. The lowest BCUT2D eigenvalue weighted by atomic mass is 9.55. The van der Waals surface area contributed by atoms with E-state index in [4.69, 9.17) is 16.3 Å². The van der Waals surface area contributed by atoms with Gasteiger partial charge >= 0.3 is 0 Å². The predicted molar refractivity (Wildman–Crippen MR) is 79.8 cm³/mol. The molecule has 2 aliphatic rings. The number of ether oxygens (including phenoxy) is 1. The molecule has 3 unspecified atom stereocenters. The molecular weight excluding hydrogens is 272 g/mol. The Morgan fingerprint density at radius 3 is 3.00 bits per heavy atom. The average molecular weight is 291 g/mol. The average Bonchev–Trinajstić information content (AvgIpc) is 2.45. The van der Waals surface area contributed by atoms with E-state index in [0.717, 1.165) is 18.7 Å². The van der Waals surface area contributed by atoms with E-state index in [9.17, 15) is 5.26 Å². The second-order valence-corrected chi connectivity index (χ2v) is 6.78. The Balaban J connectivity index is 1.84. The summed E-state index contributed by atoms with van der Waals surface area (Å²) in [4.78, 5) is 0. The van der Waals surface area contributed by atoms with E-state index < -0.39 is 0 Å². The third kappa shape index (κ3) is 2.08. The smallest absolute Gasteiger partial charge is 0.101 e. The molecule has 1 heterocycles. The zero-order valence-corrected chi connectivity index (χ0v) is 12.6. The lowest BCUT2D eigenvalue weighted by Gasteiger charge is -2.60. The molecule has 0 radical (unpaired) electrons. The standard InChI is InChI=1S/C16H19ClN2O/c1-16(2)14(12-4-3-7-20-15(12)16)19-13-8-11(17)6-5-10(13)9-18/h5-6,8,12,14-15,19H,3-4,7H2,1-2H3. The normalized spacial score (nSPS) is 30.8. The van der Waals surface area contributed by atoms with E-state index in [2.05, 4.69) is 25.2 Å². The van der Waals surface area contributed by atoms with Crippen molar-refractivity contribution in [1.29, 1.82) is 5.26 Å². The molecule has 1 aliphatic carbocycles. The number of hydrogen-bond acceptors (Lipinski definition) is 3. The van der Waals surface area contributed by atoms with Crippen molar-refractivity contribution < 1.29 is 4.74 Å². The zero-order chi connectivity index (χ0) is 14.3. The molecule has 1 aromatic carbocycles. The van der Waals surface area contributed by atoms with Crippen LogP contribution in [0, 0.1) is 22.7 Å². The first kappa shape index (κ1) is 13.7. The number of rotatable bonds is 2. The Labute approximate surface area is 124 Å². The maximum atomic E-state index is 9.22. The van der Waals surface area contributed by atoms with Gasteiger partial charge in [0.2, 0.25) is 0 Å². The van der Waals surface area contributed by atoms with Gasteiger partial charge in [-0.05, 0) is 31.0 Å². The minimum Gasteiger partial charge on any atom is -0.380 e. The molecule has 2 fully saturated rings. The molecule has 3 nitrogen and oxygen atoms in total. The highest BCUT2D eigenvalue weighted by molar-refractivity contribution is 6.30. The van der Waals surface area contributed by atoms with Crippen LogP contribution in [0.3, 0.4) is 0 Å². The van der Waals surface area contributed by atoms with Gasteiger partial charge < -0.3 is 10.1 Å². The monoisotopic (exact) mass is 290 g/mol. The molecule has 1 aliphatic heterocycles. The summed E-state index contributed by atoms with van der Waals surface area (Å²) >= 11 is 6.05. The van der Waals surface area contributed by atoms with Crippen molar-refractivity contribution in [2.45, 2.75) is 38.8 Å². The molecule has 0 amide bonds.